The van der Waals surface area contributed by atoms with Gasteiger partial charge in [0.2, 0.25) is 15.9 Å². The standard InChI is InChI=1S/C29H37N3O5S/c1-21-18-32(22(2)20-33)29(34)26-16-24(15-14-23-10-6-4-7-11-23)17-30-28(26)37-27(21)19-31(3)38(35,36)25-12-8-5-9-13-25/h5,8-9,12-13,16-17,21-23,27,33H,4,6-7,10-11,18-20H2,1-3H3/t21-,22-,27+/m0/s1. The first kappa shape index (κ1) is 28.1. The second-order valence-electron chi connectivity index (χ2n) is 10.4. The van der Waals surface area contributed by atoms with Gasteiger partial charge in [0.1, 0.15) is 11.7 Å². The summed E-state index contributed by atoms with van der Waals surface area (Å²) in [5.41, 5.74) is 0.906. The molecule has 2 heterocycles. The van der Waals surface area contributed by atoms with E-state index in [4.69, 9.17) is 4.74 Å². The summed E-state index contributed by atoms with van der Waals surface area (Å²) in [4.78, 5) is 19.9. The largest absolute Gasteiger partial charge is 0.472 e. The summed E-state index contributed by atoms with van der Waals surface area (Å²) in [5.74, 6) is 6.52. The molecule has 1 N–H and O–H groups in total. The first-order chi connectivity index (χ1) is 18.2. The number of hydrogen-bond donors (Lipinski definition) is 1. The Labute approximate surface area is 226 Å². The van der Waals surface area contributed by atoms with Gasteiger partial charge in [0.05, 0.1) is 24.1 Å². The molecule has 0 unspecified atom stereocenters. The summed E-state index contributed by atoms with van der Waals surface area (Å²) in [5, 5.41) is 9.88. The molecule has 0 radical (unpaired) electrons. The normalized spacial score (nSPS) is 21.5. The lowest BCUT2D eigenvalue weighted by atomic mass is 9.90. The van der Waals surface area contributed by atoms with Crippen LogP contribution in [0.3, 0.4) is 0 Å². The smallest absolute Gasteiger partial charge is 0.259 e. The highest BCUT2D eigenvalue weighted by atomic mass is 32.2. The van der Waals surface area contributed by atoms with Crippen molar-refractivity contribution >= 4 is 15.9 Å². The van der Waals surface area contributed by atoms with Crippen molar-refractivity contribution in [3.8, 4) is 17.7 Å². The van der Waals surface area contributed by atoms with Gasteiger partial charge < -0.3 is 14.7 Å². The molecule has 1 fully saturated rings. The Balaban J connectivity index is 1.65. The van der Waals surface area contributed by atoms with Crippen LogP contribution in [0.5, 0.6) is 5.88 Å². The predicted octanol–water partition coefficient (Wildman–Crippen LogP) is 3.55. The Hall–Kier alpha value is -2.93. The van der Waals surface area contributed by atoms with Crippen LogP contribution in [0.25, 0.3) is 0 Å². The summed E-state index contributed by atoms with van der Waals surface area (Å²) in [6.45, 7) is 3.86. The van der Waals surface area contributed by atoms with Gasteiger partial charge in [-0.15, -0.1) is 0 Å². The van der Waals surface area contributed by atoms with E-state index in [0.717, 1.165) is 12.8 Å². The van der Waals surface area contributed by atoms with Crippen LogP contribution < -0.4 is 4.74 Å². The fourth-order valence-electron chi connectivity index (χ4n) is 4.94. The molecule has 9 heteroatoms. The van der Waals surface area contributed by atoms with Crippen LogP contribution in [0.4, 0.5) is 0 Å². The molecule has 1 aliphatic heterocycles. The minimum atomic E-state index is -3.74. The van der Waals surface area contributed by atoms with Crippen molar-refractivity contribution in [2.75, 3.05) is 26.7 Å². The molecule has 8 nitrogen and oxygen atoms in total. The van der Waals surface area contributed by atoms with Crippen LogP contribution in [0.1, 0.15) is 61.9 Å². The second-order valence-corrected chi connectivity index (χ2v) is 12.4. The van der Waals surface area contributed by atoms with Crippen LogP contribution in [0.2, 0.25) is 0 Å². The number of pyridine rings is 1. The number of fused-ring (bicyclic) bond motifs is 1. The number of benzene rings is 1. The van der Waals surface area contributed by atoms with Crippen molar-refractivity contribution in [2.24, 2.45) is 11.8 Å². The number of carbonyl (C=O) groups is 1. The summed E-state index contributed by atoms with van der Waals surface area (Å²) in [6, 6.07) is 9.53. The summed E-state index contributed by atoms with van der Waals surface area (Å²) < 4.78 is 33.9. The van der Waals surface area contributed by atoms with Gasteiger partial charge in [-0.2, -0.15) is 4.31 Å². The minimum Gasteiger partial charge on any atom is -0.472 e. The van der Waals surface area contributed by atoms with Gasteiger partial charge in [0.25, 0.3) is 5.91 Å². The Morgan fingerprint density at radius 3 is 2.61 bits per heavy atom. The number of rotatable bonds is 6. The molecule has 1 aromatic carbocycles. The van der Waals surface area contributed by atoms with Crippen LogP contribution in [-0.4, -0.2) is 72.5 Å². The lowest BCUT2D eigenvalue weighted by molar-refractivity contribution is 0.0373. The number of amides is 1. The zero-order valence-corrected chi connectivity index (χ0v) is 23.2. The van der Waals surface area contributed by atoms with E-state index in [-0.39, 0.29) is 41.3 Å². The van der Waals surface area contributed by atoms with E-state index in [0.29, 0.717) is 18.0 Å². The van der Waals surface area contributed by atoms with Crippen molar-refractivity contribution in [3.63, 3.8) is 0 Å². The first-order valence-electron chi connectivity index (χ1n) is 13.3. The zero-order chi connectivity index (χ0) is 27.3. The number of ether oxygens (including phenoxy) is 1. The molecule has 0 spiro atoms. The maximum atomic E-state index is 13.6. The predicted molar refractivity (Wildman–Crippen MR) is 145 cm³/mol. The minimum absolute atomic E-state index is 0.0677. The number of aromatic nitrogens is 1. The van der Waals surface area contributed by atoms with Crippen molar-refractivity contribution in [2.45, 2.75) is 63.0 Å². The Morgan fingerprint density at radius 1 is 1.21 bits per heavy atom. The third-order valence-electron chi connectivity index (χ3n) is 7.44. The second kappa shape index (κ2) is 12.3. The van der Waals surface area contributed by atoms with Crippen LogP contribution in [0, 0.1) is 23.7 Å². The summed E-state index contributed by atoms with van der Waals surface area (Å²) in [7, 11) is -2.21. The first-order valence-corrected chi connectivity index (χ1v) is 14.8. The quantitative estimate of drug-likeness (QED) is 0.564. The molecule has 38 heavy (non-hydrogen) atoms. The molecule has 1 amide bonds. The monoisotopic (exact) mass is 539 g/mol. The third kappa shape index (κ3) is 6.37. The third-order valence-corrected chi connectivity index (χ3v) is 9.27. The topological polar surface area (TPSA) is 100 Å². The molecule has 1 aliphatic carbocycles. The Bertz CT molecular complexity index is 1280. The van der Waals surface area contributed by atoms with E-state index in [9.17, 15) is 18.3 Å². The van der Waals surface area contributed by atoms with Gasteiger partial charge in [-0.1, -0.05) is 56.2 Å². The van der Waals surface area contributed by atoms with Crippen LogP contribution >= 0.6 is 0 Å². The lowest BCUT2D eigenvalue weighted by Gasteiger charge is -2.37. The van der Waals surface area contributed by atoms with Gasteiger partial charge in [-0.3, -0.25) is 4.79 Å². The van der Waals surface area contributed by atoms with E-state index in [1.807, 2.05) is 6.92 Å². The lowest BCUT2D eigenvalue weighted by Crippen LogP contribution is -2.50. The number of aliphatic hydroxyl groups excluding tert-OH is 1. The van der Waals surface area contributed by atoms with Gasteiger partial charge in [-0.05, 0) is 38.0 Å². The van der Waals surface area contributed by atoms with Gasteiger partial charge in [0.15, 0.2) is 0 Å². The average molecular weight is 540 g/mol. The maximum Gasteiger partial charge on any atom is 0.259 e. The van der Waals surface area contributed by atoms with E-state index >= 15 is 0 Å². The van der Waals surface area contributed by atoms with Crippen molar-refractivity contribution in [1.29, 1.82) is 0 Å². The molecule has 204 valence electrons. The fourth-order valence-corrected chi connectivity index (χ4v) is 6.15. The molecular weight excluding hydrogens is 502 g/mol. The van der Waals surface area contributed by atoms with Crippen LogP contribution in [-0.2, 0) is 10.0 Å². The maximum absolute atomic E-state index is 13.6. The highest BCUT2D eigenvalue weighted by molar-refractivity contribution is 7.89. The van der Waals surface area contributed by atoms with E-state index in [1.54, 1.807) is 54.4 Å². The number of carbonyl (C=O) groups excluding carboxylic acids is 1. The molecule has 2 aromatic rings. The Kier molecular flexibility index (Phi) is 9.08. The number of hydrogen-bond acceptors (Lipinski definition) is 6. The van der Waals surface area contributed by atoms with Crippen LogP contribution in [0.15, 0.2) is 47.5 Å². The average Bonchev–Trinajstić information content (AvgIpc) is 2.94. The Morgan fingerprint density at radius 2 is 1.92 bits per heavy atom. The number of likely N-dealkylation sites (N-methyl/N-ethyl adjacent to an activating group) is 1. The van der Waals surface area contributed by atoms with Gasteiger partial charge >= 0.3 is 0 Å². The number of nitrogens with zero attached hydrogens (tertiary/aromatic N) is 3. The fraction of sp³-hybridized carbons (Fsp3) is 0.517. The SMILES string of the molecule is C[C@H]1CN([C@@H](C)CO)C(=O)c2cc(C#CC3CCCCC3)cnc2O[C@@H]1CN(C)S(=O)(=O)c1ccccc1. The molecule has 3 atom stereocenters. The van der Waals surface area contributed by atoms with Crippen molar-refractivity contribution in [3.05, 3.63) is 53.7 Å². The highest BCUT2D eigenvalue weighted by Gasteiger charge is 2.35. The van der Waals surface area contributed by atoms with E-state index in [2.05, 4.69) is 16.8 Å². The van der Waals surface area contributed by atoms with Gasteiger partial charge in [-0.25, -0.2) is 13.4 Å². The molecule has 1 aromatic heterocycles. The van der Waals surface area contributed by atoms with Crippen molar-refractivity contribution in [1.82, 2.24) is 14.2 Å². The summed E-state index contributed by atoms with van der Waals surface area (Å²) in [6.07, 6.45) is 6.85. The molecule has 2 aliphatic rings. The summed E-state index contributed by atoms with van der Waals surface area (Å²) >= 11 is 0. The number of sulfonamides is 1. The molecule has 0 saturated heterocycles. The molecule has 0 bridgehead atoms. The van der Waals surface area contributed by atoms with Gasteiger partial charge in [0, 0.05) is 37.2 Å². The highest BCUT2D eigenvalue weighted by Crippen LogP contribution is 2.28. The van der Waals surface area contributed by atoms with E-state index < -0.39 is 22.2 Å². The molecular formula is C29H37N3O5S. The molecule has 1 saturated carbocycles. The van der Waals surface area contributed by atoms with E-state index in [1.165, 1.54) is 30.6 Å². The molecule has 4 rings (SSSR count). The van der Waals surface area contributed by atoms with Crippen molar-refractivity contribution < 1.29 is 23.1 Å². The number of aliphatic hydroxyl groups is 1. The zero-order valence-electron chi connectivity index (χ0n) is 22.3.